The second-order valence-corrected chi connectivity index (χ2v) is 25.9. The summed E-state index contributed by atoms with van der Waals surface area (Å²) in [5.41, 5.74) is 36.0. The van der Waals surface area contributed by atoms with Crippen molar-refractivity contribution in [3.05, 3.63) is 252 Å². The van der Waals surface area contributed by atoms with Gasteiger partial charge in [-0.25, -0.2) is 24.9 Å². The van der Waals surface area contributed by atoms with Gasteiger partial charge < -0.3 is 5.73 Å². The van der Waals surface area contributed by atoms with Crippen LogP contribution in [-0.2, 0) is 18.3 Å². The van der Waals surface area contributed by atoms with Crippen LogP contribution in [0.4, 0.5) is 5.69 Å². The van der Waals surface area contributed by atoms with Gasteiger partial charge in [0.25, 0.3) is 0 Å². The first-order valence-electron chi connectivity index (χ1n) is 29.6. The highest BCUT2D eigenvalue weighted by Crippen LogP contribution is 2.71. The molecular weight excluding hydrogens is 1010 g/mol. The van der Waals surface area contributed by atoms with E-state index in [2.05, 4.69) is 193 Å². The van der Waals surface area contributed by atoms with Crippen LogP contribution >= 0.6 is 0 Å². The molecule has 3 aliphatic carbocycles. The van der Waals surface area contributed by atoms with Crippen LogP contribution in [0.3, 0.4) is 0 Å². The third-order valence-electron chi connectivity index (χ3n) is 21.7. The fraction of sp³-hybridized carbons (Fsp3) is 0.132. The molecule has 0 amide bonds. The lowest BCUT2D eigenvalue weighted by molar-refractivity contribution is 0.247. The molecule has 5 aliphatic heterocycles. The van der Waals surface area contributed by atoms with Crippen LogP contribution in [0.5, 0.6) is 0 Å². The average Bonchev–Trinajstić information content (AvgIpc) is 1.49. The third-order valence-corrected chi connectivity index (χ3v) is 21.7. The number of allylic oxidation sites excluding steroid dienone is 4. The minimum absolute atomic E-state index is 0.146. The molecule has 1 saturated heterocycles. The van der Waals surface area contributed by atoms with Crippen molar-refractivity contribution >= 4 is 126 Å². The molecule has 14 aromatic rings. The van der Waals surface area contributed by atoms with E-state index >= 15 is 0 Å². The lowest BCUT2D eigenvalue weighted by Gasteiger charge is -2.42. The highest BCUT2D eigenvalue weighted by atomic mass is 15.7. The minimum Gasteiger partial charge on any atom is -0.399 e. The van der Waals surface area contributed by atoms with Gasteiger partial charge in [0.2, 0.25) is 0 Å². The zero-order valence-electron chi connectivity index (χ0n) is 46.1. The van der Waals surface area contributed by atoms with Gasteiger partial charge in [0.1, 0.15) is 0 Å². The van der Waals surface area contributed by atoms with Gasteiger partial charge in [-0.1, -0.05) is 84.4 Å². The Morgan fingerprint density at radius 1 is 0.566 bits per heavy atom. The summed E-state index contributed by atoms with van der Waals surface area (Å²) in [7, 11) is 2.42. The molecule has 3 N–H and O–H groups in total. The maximum Gasteiger partial charge on any atom is 0.0746 e. The summed E-state index contributed by atoms with van der Waals surface area (Å²) < 4.78 is 4.53. The van der Waals surface area contributed by atoms with Gasteiger partial charge in [-0.05, 0) is 267 Å². The number of nitrogen functional groups attached to an aromatic ring is 1. The van der Waals surface area contributed by atoms with E-state index in [1.54, 1.807) is 59.8 Å². The van der Waals surface area contributed by atoms with Gasteiger partial charge >= 0.3 is 0 Å². The van der Waals surface area contributed by atoms with Crippen LogP contribution < -0.4 is 22.0 Å². The Bertz CT molecular complexity index is 5820. The molecule has 7 heteroatoms. The zero-order valence-corrected chi connectivity index (χ0v) is 46.1. The van der Waals surface area contributed by atoms with Gasteiger partial charge in [0.05, 0.1) is 44.9 Å². The molecule has 8 aliphatic rings. The highest BCUT2D eigenvalue weighted by molar-refractivity contribution is 6.56. The second-order valence-electron chi connectivity index (χ2n) is 25.9. The maximum absolute atomic E-state index is 6.41. The van der Waals surface area contributed by atoms with E-state index in [4.69, 9.17) is 15.7 Å². The van der Waals surface area contributed by atoms with Crippen LogP contribution in [-0.4, -0.2) is 39.3 Å². The summed E-state index contributed by atoms with van der Waals surface area (Å²) in [5, 5.41) is 26.2. The van der Waals surface area contributed by atoms with Crippen molar-refractivity contribution in [2.24, 2.45) is 9.98 Å². The predicted molar refractivity (Wildman–Crippen MR) is 342 cm³/mol. The molecule has 1 spiro atoms. The Balaban J connectivity index is 0.771. The van der Waals surface area contributed by atoms with Crippen LogP contribution in [0.1, 0.15) is 90.1 Å². The summed E-state index contributed by atoms with van der Waals surface area (Å²) in [4.78, 5) is 13.8. The number of likely N-dealkylation sites (tertiary alicyclic amines) is 1. The predicted octanol–water partition coefficient (Wildman–Crippen LogP) is 14.2. The lowest BCUT2D eigenvalue weighted by atomic mass is 9.60. The van der Waals surface area contributed by atoms with Crippen molar-refractivity contribution in [2.75, 3.05) is 24.9 Å². The number of hydrogen-bond acceptors (Lipinski definition) is 5. The van der Waals surface area contributed by atoms with Crippen molar-refractivity contribution in [2.45, 2.75) is 51.0 Å². The van der Waals surface area contributed by atoms with Gasteiger partial charge in [-0.3, -0.25) is 4.90 Å². The molecule has 1 fully saturated rings. The molecule has 8 bridgehead atoms. The molecule has 0 saturated carbocycles. The third kappa shape index (κ3) is 4.73. The molecule has 83 heavy (non-hydrogen) atoms. The highest BCUT2D eigenvalue weighted by Gasteiger charge is 2.61. The van der Waals surface area contributed by atoms with Gasteiger partial charge in [0.15, 0.2) is 0 Å². The Kier molecular flexibility index (Phi) is 7.11. The number of fused-ring (bicyclic) bond motifs is 4. The number of nitrogens with two attached hydrogens (primary N) is 1. The molecule has 7 heterocycles. The fourth-order valence-corrected chi connectivity index (χ4v) is 19.2. The second kappa shape index (κ2) is 13.7. The van der Waals surface area contributed by atoms with Crippen LogP contribution in [0.25, 0.3) is 109 Å². The summed E-state index contributed by atoms with van der Waals surface area (Å²) >= 11 is 0. The minimum atomic E-state index is -0.160. The number of nitrogens with zero attached hydrogens (tertiary/aromatic N) is 5. The molecule has 7 nitrogen and oxygen atoms in total. The number of aliphatic imine (C=N–C) groups is 2. The normalized spacial score (nSPS) is 20.8. The molecule has 22 rings (SSSR count). The molecule has 0 radical (unpaired) electrons. The number of aromatic nitrogens is 2. The molecule has 2 aromatic heterocycles. The van der Waals surface area contributed by atoms with E-state index in [0.717, 1.165) is 97.8 Å². The van der Waals surface area contributed by atoms with Crippen molar-refractivity contribution < 1.29 is 0 Å². The first-order chi connectivity index (χ1) is 40.6. The number of aryl methyl sites for hydroxylation is 3. The number of anilines is 1. The number of benzene rings is 9. The van der Waals surface area contributed by atoms with Crippen LogP contribution in [0.15, 0.2) is 173 Å². The van der Waals surface area contributed by atoms with Crippen molar-refractivity contribution in [3.8, 4) is 0 Å². The molecule has 388 valence electrons. The first-order valence-corrected chi connectivity index (χ1v) is 29.6. The quantitative estimate of drug-likeness (QED) is 0.136. The van der Waals surface area contributed by atoms with E-state index in [0.29, 0.717) is 5.92 Å². The largest absolute Gasteiger partial charge is 0.399 e. The van der Waals surface area contributed by atoms with Crippen LogP contribution in [0.2, 0.25) is 0 Å². The van der Waals surface area contributed by atoms with E-state index in [-0.39, 0.29) is 11.5 Å². The monoisotopic (exact) mass is 1060 g/mol. The van der Waals surface area contributed by atoms with Gasteiger partial charge in [0, 0.05) is 46.3 Å². The standard InChI is InChI=1S/C76H49N7/c1-34-23-35(2)58(36(3)24-34)68-54-19-18-53(79-54)61(39-9-12-46(77)13-10-39)56-22-21-55-60(52-17-14-47(78-52)31-48-15-20-57(68)82(48)80-83(55)56)38-5-7-40(8-6-38)75-76-32-45-30-42-25-37-26-43-29-44-28-41-11-16-49(51(76)33-81(75)4)66-62(41)70-64(44)63(43)67-50(27-37)59(42)69-65(45)74(76)73(66)72(70)71(67)69/h5-28,30-31,51,75,80H,29,32-33,77H2,1-4H3. The molecular formula is C76H49N7. The van der Waals surface area contributed by atoms with E-state index in [9.17, 15) is 0 Å². The number of hydrogen-bond donors (Lipinski definition) is 2. The van der Waals surface area contributed by atoms with E-state index < -0.39 is 0 Å². The summed E-state index contributed by atoms with van der Waals surface area (Å²) in [5.74, 6) is 0.336. The summed E-state index contributed by atoms with van der Waals surface area (Å²) in [6.07, 6.45) is 13.0. The summed E-state index contributed by atoms with van der Waals surface area (Å²) in [6, 6.07) is 49.6. The Labute approximate surface area is 475 Å². The maximum atomic E-state index is 6.41. The zero-order chi connectivity index (χ0) is 54.1. The lowest BCUT2D eigenvalue weighted by Crippen LogP contribution is -2.41. The fourth-order valence-electron chi connectivity index (χ4n) is 19.2. The Morgan fingerprint density at radius 3 is 2.10 bits per heavy atom. The van der Waals surface area contributed by atoms with E-state index in [1.165, 1.54) is 82.0 Å². The Hall–Kier alpha value is -9.82. The van der Waals surface area contributed by atoms with Gasteiger partial charge in [-0.15, -0.1) is 0 Å². The van der Waals surface area contributed by atoms with Crippen LogP contribution in [0, 0.1) is 20.8 Å². The topological polar surface area (TPSA) is 75.9 Å². The average molecular weight is 1060 g/mol. The molecule has 3 atom stereocenters. The number of nitrogens with one attached hydrogen (secondary N) is 1. The smallest absolute Gasteiger partial charge is 0.0746 e. The van der Waals surface area contributed by atoms with Crippen molar-refractivity contribution in [3.63, 3.8) is 0 Å². The molecule has 12 aromatic carbocycles. The number of rotatable bonds is 4. The Morgan fingerprint density at radius 2 is 1.28 bits per heavy atom. The number of likely N-dealkylation sites (N-methyl/N-ethyl adjacent to an activating group) is 1. The van der Waals surface area contributed by atoms with Crippen molar-refractivity contribution in [1.82, 2.24) is 14.3 Å². The first kappa shape index (κ1) is 43.0. The molecule has 3 unspecified atom stereocenters. The van der Waals surface area contributed by atoms with Crippen molar-refractivity contribution in [1.29, 1.82) is 0 Å². The SMILES string of the molecule is Cc1cc(C)c(C2=c3ccc4n3Nn3c(ccc3C(c3ccc(N)cc3)=C3C=CC2=N3)C(c2ccc(C3N(C)CC5c6ccc7cc8c9c%10c(cc%11cc%12cc%13c%14c(c%15c6c7c9c%15c6c%10c(c%11)c%12c%146)C53C%13)C8)cc2)=C2C=CC(=N2)C=4)c(C)c1. The summed E-state index contributed by atoms with van der Waals surface area (Å²) in [6.45, 7) is 7.64. The van der Waals surface area contributed by atoms with Gasteiger partial charge in [-0.2, -0.15) is 0 Å². The van der Waals surface area contributed by atoms with E-state index in [1.807, 2.05) is 12.1 Å².